The SMILES string of the molecule is COc1ccc(NC(=O)c2ccc(NC(=O)CSc3nc4ccccc4c(=O)n3-c3cccc(OC)c3)cc2)cc1. The van der Waals surface area contributed by atoms with E-state index in [9.17, 15) is 14.4 Å². The van der Waals surface area contributed by atoms with Gasteiger partial charge in [0.1, 0.15) is 11.5 Å². The van der Waals surface area contributed by atoms with Crippen molar-refractivity contribution in [2.75, 3.05) is 30.6 Å². The number of thioether (sulfide) groups is 1. The van der Waals surface area contributed by atoms with Crippen molar-refractivity contribution < 1.29 is 19.1 Å². The van der Waals surface area contributed by atoms with Crippen molar-refractivity contribution in [1.82, 2.24) is 9.55 Å². The van der Waals surface area contributed by atoms with Crippen LogP contribution in [0.4, 0.5) is 11.4 Å². The van der Waals surface area contributed by atoms with Crippen molar-refractivity contribution in [2.45, 2.75) is 5.16 Å². The van der Waals surface area contributed by atoms with Gasteiger partial charge in [-0.1, -0.05) is 30.0 Å². The Morgan fingerprint density at radius 1 is 0.805 bits per heavy atom. The Hall–Kier alpha value is -5.09. The van der Waals surface area contributed by atoms with Gasteiger partial charge >= 0.3 is 0 Å². The van der Waals surface area contributed by atoms with Crippen molar-refractivity contribution >= 4 is 45.9 Å². The van der Waals surface area contributed by atoms with Crippen LogP contribution < -0.4 is 25.7 Å². The third-order valence-electron chi connectivity index (χ3n) is 6.17. The third kappa shape index (κ3) is 6.39. The summed E-state index contributed by atoms with van der Waals surface area (Å²) in [5.41, 5.74) is 2.50. The molecule has 0 fully saturated rings. The van der Waals surface area contributed by atoms with Crippen LogP contribution in [-0.2, 0) is 4.79 Å². The number of benzene rings is 4. The number of aromatic nitrogens is 2. The number of anilines is 2. The van der Waals surface area contributed by atoms with Crippen molar-refractivity contribution in [1.29, 1.82) is 0 Å². The minimum Gasteiger partial charge on any atom is -0.497 e. The largest absolute Gasteiger partial charge is 0.497 e. The second-order valence-corrected chi connectivity index (χ2v) is 9.79. The number of carbonyl (C=O) groups excluding carboxylic acids is 2. The van der Waals surface area contributed by atoms with Crippen LogP contribution >= 0.6 is 11.8 Å². The van der Waals surface area contributed by atoms with Crippen molar-refractivity contribution in [3.8, 4) is 17.2 Å². The maximum Gasteiger partial charge on any atom is 0.266 e. The summed E-state index contributed by atoms with van der Waals surface area (Å²) in [6, 6.07) is 27.8. The Kier molecular flexibility index (Phi) is 8.31. The van der Waals surface area contributed by atoms with Crippen molar-refractivity contribution in [3.63, 3.8) is 0 Å². The molecule has 0 bridgehead atoms. The highest BCUT2D eigenvalue weighted by Crippen LogP contribution is 2.24. The molecule has 10 heteroatoms. The summed E-state index contributed by atoms with van der Waals surface area (Å²) >= 11 is 1.15. The Morgan fingerprint density at radius 2 is 1.49 bits per heavy atom. The topological polar surface area (TPSA) is 112 Å². The Morgan fingerprint density at radius 3 is 2.22 bits per heavy atom. The number of nitrogens with one attached hydrogen (secondary N) is 2. The number of hydrogen-bond acceptors (Lipinski definition) is 7. The lowest BCUT2D eigenvalue weighted by atomic mass is 10.2. The molecule has 1 aromatic heterocycles. The van der Waals surface area contributed by atoms with E-state index in [0.717, 1.165) is 11.8 Å². The molecule has 5 rings (SSSR count). The average molecular weight is 567 g/mol. The van der Waals surface area contributed by atoms with E-state index in [2.05, 4.69) is 15.6 Å². The summed E-state index contributed by atoms with van der Waals surface area (Å²) in [6.07, 6.45) is 0. The average Bonchev–Trinajstić information content (AvgIpc) is 3.01. The van der Waals surface area contributed by atoms with Crippen LogP contribution in [-0.4, -0.2) is 41.3 Å². The van der Waals surface area contributed by atoms with E-state index in [4.69, 9.17) is 9.47 Å². The van der Waals surface area contributed by atoms with E-state index in [0.29, 0.717) is 50.2 Å². The molecule has 0 radical (unpaired) electrons. The number of methoxy groups -OCH3 is 2. The first-order valence-electron chi connectivity index (χ1n) is 12.6. The third-order valence-corrected chi connectivity index (χ3v) is 7.11. The van der Waals surface area contributed by atoms with E-state index in [1.807, 2.05) is 6.07 Å². The predicted octanol–water partition coefficient (Wildman–Crippen LogP) is 5.39. The number of para-hydroxylation sites is 1. The Balaban J connectivity index is 1.28. The van der Waals surface area contributed by atoms with Gasteiger partial charge in [-0.15, -0.1) is 0 Å². The molecule has 0 atom stereocenters. The van der Waals surface area contributed by atoms with Gasteiger partial charge in [0.25, 0.3) is 11.5 Å². The second-order valence-electron chi connectivity index (χ2n) is 8.85. The van der Waals surface area contributed by atoms with Crippen LogP contribution in [0.1, 0.15) is 10.4 Å². The quantitative estimate of drug-likeness (QED) is 0.182. The lowest BCUT2D eigenvalue weighted by Gasteiger charge is -2.14. The first kappa shape index (κ1) is 27.5. The predicted molar refractivity (Wildman–Crippen MR) is 161 cm³/mol. The summed E-state index contributed by atoms with van der Waals surface area (Å²) < 4.78 is 11.9. The van der Waals surface area contributed by atoms with Gasteiger partial charge in [-0.05, 0) is 72.8 Å². The second kappa shape index (κ2) is 12.4. The first-order valence-corrected chi connectivity index (χ1v) is 13.6. The minimum absolute atomic E-state index is 0.00839. The van der Waals surface area contributed by atoms with Crippen molar-refractivity contribution in [3.05, 3.63) is 113 Å². The molecule has 0 spiro atoms. The fourth-order valence-corrected chi connectivity index (χ4v) is 4.91. The standard InChI is InChI=1S/C31H26N4O5S/c1-39-24-16-14-22(15-17-24)33-29(37)20-10-12-21(13-11-20)32-28(36)19-41-31-34-27-9-4-3-8-26(27)30(38)35(31)23-6-5-7-25(18-23)40-2/h3-18H,19H2,1-2H3,(H,32,36)(H,33,37). The molecule has 4 aromatic carbocycles. The van der Waals surface area contributed by atoms with Crippen LogP contribution in [0.3, 0.4) is 0 Å². The molecule has 0 aliphatic heterocycles. The summed E-state index contributed by atoms with van der Waals surface area (Å²) in [4.78, 5) is 43.6. The molecule has 5 aromatic rings. The highest BCUT2D eigenvalue weighted by atomic mass is 32.2. The lowest BCUT2D eigenvalue weighted by molar-refractivity contribution is -0.113. The van der Waals surface area contributed by atoms with Crippen LogP contribution in [0.25, 0.3) is 16.6 Å². The zero-order chi connectivity index (χ0) is 28.8. The molecule has 0 aliphatic carbocycles. The van der Waals surface area contributed by atoms with Gasteiger partial charge in [0.2, 0.25) is 5.91 Å². The molecule has 0 unspecified atom stereocenters. The summed E-state index contributed by atoms with van der Waals surface area (Å²) in [7, 11) is 3.13. The molecule has 206 valence electrons. The number of amides is 2. The molecular weight excluding hydrogens is 540 g/mol. The highest BCUT2D eigenvalue weighted by molar-refractivity contribution is 7.99. The van der Waals surface area contributed by atoms with Gasteiger partial charge in [0, 0.05) is 23.0 Å². The van der Waals surface area contributed by atoms with E-state index in [-0.39, 0.29) is 23.1 Å². The molecule has 1 heterocycles. The zero-order valence-corrected chi connectivity index (χ0v) is 23.1. The van der Waals surface area contributed by atoms with Crippen molar-refractivity contribution in [2.24, 2.45) is 0 Å². The molecule has 2 amide bonds. The van der Waals surface area contributed by atoms with Gasteiger partial charge in [0.05, 0.1) is 36.6 Å². The number of rotatable bonds is 9. The van der Waals surface area contributed by atoms with E-state index in [1.165, 1.54) is 4.57 Å². The van der Waals surface area contributed by atoms with Gasteiger partial charge in [0.15, 0.2) is 5.16 Å². The molecule has 0 aliphatic rings. The zero-order valence-electron chi connectivity index (χ0n) is 22.3. The maximum atomic E-state index is 13.4. The highest BCUT2D eigenvalue weighted by Gasteiger charge is 2.16. The summed E-state index contributed by atoms with van der Waals surface area (Å²) in [5.74, 6) is 0.735. The van der Waals surface area contributed by atoms with Crippen LogP contribution in [0, 0.1) is 0 Å². The summed E-state index contributed by atoms with van der Waals surface area (Å²) in [6.45, 7) is 0. The molecule has 2 N–H and O–H groups in total. The van der Waals surface area contributed by atoms with Gasteiger partial charge in [-0.2, -0.15) is 0 Å². The fraction of sp³-hybridized carbons (Fsp3) is 0.0968. The van der Waals surface area contributed by atoms with Crippen LogP contribution in [0.15, 0.2) is 107 Å². The van der Waals surface area contributed by atoms with E-state index < -0.39 is 0 Å². The Bertz CT molecular complexity index is 1770. The normalized spacial score (nSPS) is 10.7. The van der Waals surface area contributed by atoms with Crippen LogP contribution in [0.5, 0.6) is 11.5 Å². The smallest absolute Gasteiger partial charge is 0.266 e. The molecular formula is C31H26N4O5S. The number of nitrogens with zero attached hydrogens (tertiary/aromatic N) is 2. The molecule has 0 saturated carbocycles. The summed E-state index contributed by atoms with van der Waals surface area (Å²) in [5, 5.41) is 6.50. The monoisotopic (exact) mass is 566 g/mol. The number of fused-ring (bicyclic) bond motifs is 1. The fourth-order valence-electron chi connectivity index (χ4n) is 4.10. The molecule has 41 heavy (non-hydrogen) atoms. The minimum atomic E-state index is -0.287. The molecule has 9 nitrogen and oxygen atoms in total. The number of ether oxygens (including phenoxy) is 2. The Labute approximate surface area is 240 Å². The van der Waals surface area contributed by atoms with E-state index >= 15 is 0 Å². The number of hydrogen-bond donors (Lipinski definition) is 2. The molecule has 0 saturated heterocycles. The van der Waals surface area contributed by atoms with Gasteiger partial charge < -0.3 is 20.1 Å². The van der Waals surface area contributed by atoms with E-state index in [1.54, 1.807) is 105 Å². The van der Waals surface area contributed by atoms with Gasteiger partial charge in [-0.3, -0.25) is 19.0 Å². The maximum absolute atomic E-state index is 13.4. The number of carbonyl (C=O) groups is 2. The first-order chi connectivity index (χ1) is 19.9. The van der Waals surface area contributed by atoms with Gasteiger partial charge in [-0.25, -0.2) is 4.98 Å². The lowest BCUT2D eigenvalue weighted by Crippen LogP contribution is -2.23. The van der Waals surface area contributed by atoms with Crippen LogP contribution in [0.2, 0.25) is 0 Å².